The van der Waals surface area contributed by atoms with Gasteiger partial charge >= 0.3 is 0 Å². The molecule has 0 amide bonds. The summed E-state index contributed by atoms with van der Waals surface area (Å²) in [7, 11) is -1.22. The Labute approximate surface area is 64.9 Å². The van der Waals surface area contributed by atoms with Gasteiger partial charge in [0.25, 0.3) is 0 Å². The van der Waals surface area contributed by atoms with Crippen molar-refractivity contribution in [3.63, 3.8) is 0 Å². The van der Waals surface area contributed by atoms with Gasteiger partial charge in [0, 0.05) is 6.10 Å². The van der Waals surface area contributed by atoms with Gasteiger partial charge in [-0.25, -0.2) is 0 Å². The molecule has 0 spiro atoms. The zero-order valence-corrected chi connectivity index (χ0v) is 8.31. The molecule has 0 aromatic rings. The average Bonchev–Trinajstić information content (AvgIpc) is 2.12. The topological polar surface area (TPSA) is 9.23 Å². The summed E-state index contributed by atoms with van der Waals surface area (Å²) in [5.74, 6) is 0. The number of rotatable bonds is 2. The Bertz CT molecular complexity index is 100. The standard InChI is InChI=1S/C8H18OSi/c1-10(2,3)9-8-6-4-5-7-8/h8H,4-7H2,1-3H3. The molecule has 0 atom stereocenters. The summed E-state index contributed by atoms with van der Waals surface area (Å²) >= 11 is 0. The minimum absolute atomic E-state index is 0.617. The molecule has 60 valence electrons. The molecule has 0 aromatic heterocycles. The van der Waals surface area contributed by atoms with E-state index in [1.165, 1.54) is 25.7 Å². The highest BCUT2D eigenvalue weighted by Crippen LogP contribution is 2.23. The smallest absolute Gasteiger partial charge is 0.184 e. The van der Waals surface area contributed by atoms with Crippen LogP contribution in [0.25, 0.3) is 0 Å². The van der Waals surface area contributed by atoms with Crippen molar-refractivity contribution in [1.82, 2.24) is 0 Å². The van der Waals surface area contributed by atoms with Gasteiger partial charge < -0.3 is 4.43 Å². The van der Waals surface area contributed by atoms with E-state index in [1.807, 2.05) is 0 Å². The SMILES string of the molecule is C[Si](C)(C)OC1CCCC1. The molecule has 0 radical (unpaired) electrons. The molecule has 0 unspecified atom stereocenters. The van der Waals surface area contributed by atoms with E-state index in [0.717, 1.165) is 0 Å². The Balaban J connectivity index is 2.24. The van der Waals surface area contributed by atoms with Crippen LogP contribution >= 0.6 is 0 Å². The van der Waals surface area contributed by atoms with E-state index in [1.54, 1.807) is 0 Å². The largest absolute Gasteiger partial charge is 0.415 e. The molecule has 0 heterocycles. The molecule has 1 aliphatic rings. The first-order valence-corrected chi connectivity index (χ1v) is 7.66. The van der Waals surface area contributed by atoms with E-state index in [-0.39, 0.29) is 0 Å². The van der Waals surface area contributed by atoms with Crippen LogP contribution in [0.3, 0.4) is 0 Å². The highest BCUT2D eigenvalue weighted by molar-refractivity contribution is 6.69. The van der Waals surface area contributed by atoms with Gasteiger partial charge in [-0.15, -0.1) is 0 Å². The normalized spacial score (nSPS) is 21.9. The molecule has 0 saturated heterocycles. The fraction of sp³-hybridized carbons (Fsp3) is 1.00. The van der Waals surface area contributed by atoms with Crippen LogP contribution in [0.2, 0.25) is 19.6 Å². The maximum atomic E-state index is 5.94. The van der Waals surface area contributed by atoms with E-state index in [4.69, 9.17) is 4.43 Å². The van der Waals surface area contributed by atoms with E-state index < -0.39 is 8.32 Å². The maximum Gasteiger partial charge on any atom is 0.184 e. The van der Waals surface area contributed by atoms with Crippen LogP contribution in [0, 0.1) is 0 Å². The van der Waals surface area contributed by atoms with Gasteiger partial charge in [0.05, 0.1) is 0 Å². The first kappa shape index (κ1) is 8.28. The van der Waals surface area contributed by atoms with Crippen molar-refractivity contribution < 1.29 is 4.43 Å². The van der Waals surface area contributed by atoms with Crippen LogP contribution in [0.1, 0.15) is 25.7 Å². The molecule has 1 rings (SSSR count). The lowest BCUT2D eigenvalue weighted by atomic mass is 10.3. The van der Waals surface area contributed by atoms with Crippen LogP contribution in [0.5, 0.6) is 0 Å². The molecule has 2 heteroatoms. The second-order valence-electron chi connectivity index (χ2n) is 4.14. The lowest BCUT2D eigenvalue weighted by Gasteiger charge is -2.22. The minimum atomic E-state index is -1.22. The van der Waals surface area contributed by atoms with E-state index in [0.29, 0.717) is 6.10 Å². The van der Waals surface area contributed by atoms with Crippen LogP contribution in [0.15, 0.2) is 0 Å². The van der Waals surface area contributed by atoms with Crippen molar-refractivity contribution in [2.45, 2.75) is 51.4 Å². The summed E-state index contributed by atoms with van der Waals surface area (Å²) < 4.78 is 5.94. The first-order chi connectivity index (χ1) is 4.58. The third-order valence-corrected chi connectivity index (χ3v) is 2.86. The van der Waals surface area contributed by atoms with Crippen molar-refractivity contribution in [1.29, 1.82) is 0 Å². The highest BCUT2D eigenvalue weighted by atomic mass is 28.4. The van der Waals surface area contributed by atoms with Gasteiger partial charge in [0.1, 0.15) is 0 Å². The monoisotopic (exact) mass is 158 g/mol. The number of hydrogen-bond acceptors (Lipinski definition) is 1. The van der Waals surface area contributed by atoms with Crippen molar-refractivity contribution in [2.75, 3.05) is 0 Å². The van der Waals surface area contributed by atoms with Crippen molar-refractivity contribution in [3.8, 4) is 0 Å². The molecule has 1 saturated carbocycles. The maximum absolute atomic E-state index is 5.94. The van der Waals surface area contributed by atoms with Gasteiger partial charge in [-0.3, -0.25) is 0 Å². The highest BCUT2D eigenvalue weighted by Gasteiger charge is 2.23. The summed E-state index contributed by atoms with van der Waals surface area (Å²) in [5, 5.41) is 0. The van der Waals surface area contributed by atoms with Gasteiger partial charge in [0.2, 0.25) is 0 Å². The van der Waals surface area contributed by atoms with Gasteiger partial charge in [-0.2, -0.15) is 0 Å². The molecule has 0 N–H and O–H groups in total. The summed E-state index contributed by atoms with van der Waals surface area (Å²) in [4.78, 5) is 0. The molecule has 10 heavy (non-hydrogen) atoms. The Hall–Kier alpha value is 0.177. The van der Waals surface area contributed by atoms with Gasteiger partial charge in [-0.1, -0.05) is 12.8 Å². The third-order valence-electron chi connectivity index (χ3n) is 1.82. The van der Waals surface area contributed by atoms with Crippen LogP contribution < -0.4 is 0 Å². The van der Waals surface area contributed by atoms with Crippen LogP contribution in [0.4, 0.5) is 0 Å². The Morgan fingerprint density at radius 2 is 1.60 bits per heavy atom. The lowest BCUT2D eigenvalue weighted by molar-refractivity contribution is 0.202. The van der Waals surface area contributed by atoms with E-state index in [9.17, 15) is 0 Å². The molecule has 1 aliphatic carbocycles. The van der Waals surface area contributed by atoms with Crippen molar-refractivity contribution in [3.05, 3.63) is 0 Å². The molecule has 1 nitrogen and oxygen atoms in total. The van der Waals surface area contributed by atoms with Gasteiger partial charge in [0.15, 0.2) is 8.32 Å². The molecule has 0 bridgehead atoms. The molecule has 0 aliphatic heterocycles. The Kier molecular flexibility index (Phi) is 2.53. The summed E-state index contributed by atoms with van der Waals surface area (Å²) in [5.41, 5.74) is 0. The Morgan fingerprint density at radius 1 is 1.10 bits per heavy atom. The zero-order chi connectivity index (χ0) is 7.61. The third kappa shape index (κ3) is 2.84. The summed E-state index contributed by atoms with van der Waals surface area (Å²) in [6, 6.07) is 0. The Morgan fingerprint density at radius 3 is 2.00 bits per heavy atom. The van der Waals surface area contributed by atoms with Gasteiger partial charge in [-0.05, 0) is 32.5 Å². The number of hydrogen-bond donors (Lipinski definition) is 0. The second-order valence-corrected chi connectivity index (χ2v) is 8.60. The fourth-order valence-electron chi connectivity index (χ4n) is 1.51. The fourth-order valence-corrected chi connectivity index (χ4v) is 2.74. The first-order valence-electron chi connectivity index (χ1n) is 4.26. The molecule has 0 aromatic carbocycles. The zero-order valence-electron chi connectivity index (χ0n) is 7.31. The molecular formula is C8H18OSi. The molecular weight excluding hydrogens is 140 g/mol. The summed E-state index contributed by atoms with van der Waals surface area (Å²) in [6.45, 7) is 6.81. The average molecular weight is 158 g/mol. The van der Waals surface area contributed by atoms with Crippen molar-refractivity contribution >= 4 is 8.32 Å². The minimum Gasteiger partial charge on any atom is -0.415 e. The predicted molar refractivity (Wildman–Crippen MR) is 46.7 cm³/mol. The van der Waals surface area contributed by atoms with E-state index >= 15 is 0 Å². The van der Waals surface area contributed by atoms with Crippen molar-refractivity contribution in [2.24, 2.45) is 0 Å². The predicted octanol–water partition coefficient (Wildman–Crippen LogP) is 2.78. The quantitative estimate of drug-likeness (QED) is 0.561. The van der Waals surface area contributed by atoms with Crippen LogP contribution in [-0.2, 0) is 4.43 Å². The lowest BCUT2D eigenvalue weighted by Crippen LogP contribution is -2.30. The van der Waals surface area contributed by atoms with Crippen LogP contribution in [-0.4, -0.2) is 14.4 Å². The van der Waals surface area contributed by atoms with E-state index in [2.05, 4.69) is 19.6 Å². The second kappa shape index (κ2) is 3.05. The molecule has 1 fully saturated rings. The summed E-state index contributed by atoms with van der Waals surface area (Å²) in [6.07, 6.45) is 6.01.